The van der Waals surface area contributed by atoms with Gasteiger partial charge in [0.2, 0.25) is 17.7 Å². The van der Waals surface area contributed by atoms with E-state index >= 15 is 0 Å². The summed E-state index contributed by atoms with van der Waals surface area (Å²) < 4.78 is 18.3. The van der Waals surface area contributed by atoms with Gasteiger partial charge in [0.05, 0.1) is 0 Å². The van der Waals surface area contributed by atoms with Gasteiger partial charge in [-0.3, -0.25) is 4.79 Å². The molecule has 24 heavy (non-hydrogen) atoms. The summed E-state index contributed by atoms with van der Waals surface area (Å²) in [7, 11) is 0. The molecule has 0 aliphatic carbocycles. The minimum atomic E-state index is -0.260. The zero-order valence-electron chi connectivity index (χ0n) is 12.9. The zero-order valence-corrected chi connectivity index (χ0v) is 13.7. The molecule has 0 atom stereocenters. The number of nitrogens with zero attached hydrogens (tertiary/aromatic N) is 2. The number of nitrogens with one attached hydrogen (secondary N) is 1. The number of aryl methyl sites for hydroxylation is 1. The Kier molecular flexibility index (Phi) is 5.32. The number of hydrogen-bond acceptors (Lipinski definition) is 5. The summed E-state index contributed by atoms with van der Waals surface area (Å²) in [6, 6.07) is 8.16. The molecule has 0 unspecified atom stereocenters. The Morgan fingerprint density at radius 2 is 2.00 bits per heavy atom. The molecule has 3 aromatic rings. The molecule has 7 heteroatoms. The second-order valence-corrected chi connectivity index (χ2v) is 6.02. The quantitative estimate of drug-likeness (QED) is 0.714. The molecule has 2 aromatic heterocycles. The molecule has 0 fully saturated rings. The average Bonchev–Trinajstić information content (AvgIpc) is 3.26. The Labute approximate surface area is 142 Å². The molecular weight excluding hydrogens is 329 g/mol. The Hall–Kier alpha value is -2.54. The van der Waals surface area contributed by atoms with Gasteiger partial charge >= 0.3 is 0 Å². The third-order valence-electron chi connectivity index (χ3n) is 3.45. The van der Waals surface area contributed by atoms with Crippen LogP contribution in [0.15, 0.2) is 45.5 Å². The van der Waals surface area contributed by atoms with E-state index in [9.17, 15) is 9.18 Å². The maximum atomic E-state index is 12.8. The van der Waals surface area contributed by atoms with Crippen LogP contribution in [0.1, 0.15) is 17.9 Å². The van der Waals surface area contributed by atoms with Crippen LogP contribution in [0.3, 0.4) is 0 Å². The van der Waals surface area contributed by atoms with Gasteiger partial charge in [-0.2, -0.15) is 11.3 Å². The summed E-state index contributed by atoms with van der Waals surface area (Å²) in [6.07, 6.45) is 1.35. The van der Waals surface area contributed by atoms with Crippen molar-refractivity contribution >= 4 is 17.2 Å². The van der Waals surface area contributed by atoms with E-state index in [0.29, 0.717) is 31.2 Å². The summed E-state index contributed by atoms with van der Waals surface area (Å²) in [6.45, 7) is 0.508. The Morgan fingerprint density at radius 3 is 2.75 bits per heavy atom. The first kappa shape index (κ1) is 16.3. The summed E-state index contributed by atoms with van der Waals surface area (Å²) >= 11 is 1.56. The maximum Gasteiger partial charge on any atom is 0.248 e. The van der Waals surface area contributed by atoms with Gasteiger partial charge in [-0.25, -0.2) is 4.39 Å². The van der Waals surface area contributed by atoms with Crippen LogP contribution in [0, 0.1) is 5.82 Å². The van der Waals surface area contributed by atoms with Crippen molar-refractivity contribution in [2.24, 2.45) is 0 Å². The Balaban J connectivity index is 1.40. The molecule has 0 aliphatic heterocycles. The third-order valence-corrected chi connectivity index (χ3v) is 4.13. The molecule has 0 saturated heterocycles. The predicted molar refractivity (Wildman–Crippen MR) is 89.0 cm³/mol. The van der Waals surface area contributed by atoms with Gasteiger partial charge in [0.15, 0.2) is 0 Å². The number of halogens is 1. The van der Waals surface area contributed by atoms with E-state index in [1.807, 2.05) is 16.8 Å². The van der Waals surface area contributed by atoms with E-state index in [1.54, 1.807) is 23.5 Å². The molecule has 1 aromatic carbocycles. The third kappa shape index (κ3) is 4.48. The monoisotopic (exact) mass is 345 g/mol. The van der Waals surface area contributed by atoms with Crippen molar-refractivity contribution in [2.75, 3.05) is 6.54 Å². The highest BCUT2D eigenvalue weighted by Gasteiger charge is 2.10. The SMILES string of the molecule is O=C(CCc1nnc(-c2ccsc2)o1)NCCc1ccc(F)cc1. The van der Waals surface area contributed by atoms with Crippen molar-refractivity contribution in [1.29, 1.82) is 0 Å². The lowest BCUT2D eigenvalue weighted by molar-refractivity contribution is -0.121. The Morgan fingerprint density at radius 1 is 1.17 bits per heavy atom. The van der Waals surface area contributed by atoms with E-state index in [2.05, 4.69) is 15.5 Å². The maximum absolute atomic E-state index is 12.8. The summed E-state index contributed by atoms with van der Waals surface area (Å²) in [5.74, 6) is 0.587. The lowest BCUT2D eigenvalue weighted by Crippen LogP contribution is -2.25. The molecule has 0 aliphatic rings. The lowest BCUT2D eigenvalue weighted by atomic mass is 10.1. The molecule has 0 radical (unpaired) electrons. The normalized spacial score (nSPS) is 10.7. The highest BCUT2D eigenvalue weighted by molar-refractivity contribution is 7.08. The van der Waals surface area contributed by atoms with E-state index < -0.39 is 0 Å². The first-order chi connectivity index (χ1) is 11.7. The highest BCUT2D eigenvalue weighted by Crippen LogP contribution is 2.20. The van der Waals surface area contributed by atoms with Gasteiger partial charge in [0, 0.05) is 30.3 Å². The fraction of sp³-hybridized carbons (Fsp3) is 0.235. The lowest BCUT2D eigenvalue weighted by Gasteiger charge is -2.04. The second-order valence-electron chi connectivity index (χ2n) is 5.24. The van der Waals surface area contributed by atoms with Gasteiger partial charge in [0.1, 0.15) is 5.82 Å². The molecule has 0 spiro atoms. The average molecular weight is 345 g/mol. The number of aromatic nitrogens is 2. The molecule has 2 heterocycles. The van der Waals surface area contributed by atoms with Gasteiger partial charge < -0.3 is 9.73 Å². The van der Waals surface area contributed by atoms with Crippen LogP contribution in [0.25, 0.3) is 11.5 Å². The fourth-order valence-corrected chi connectivity index (χ4v) is 2.79. The largest absolute Gasteiger partial charge is 0.421 e. The second kappa shape index (κ2) is 7.83. The summed E-state index contributed by atoms with van der Waals surface area (Å²) in [4.78, 5) is 11.8. The van der Waals surface area contributed by atoms with E-state index in [1.165, 1.54) is 12.1 Å². The number of benzene rings is 1. The van der Waals surface area contributed by atoms with Gasteiger partial charge in [0.25, 0.3) is 0 Å². The van der Waals surface area contributed by atoms with Gasteiger partial charge in [-0.05, 0) is 35.6 Å². The van der Waals surface area contributed by atoms with Crippen molar-refractivity contribution in [3.8, 4) is 11.5 Å². The number of amides is 1. The number of rotatable bonds is 7. The van der Waals surface area contributed by atoms with Crippen LogP contribution in [-0.2, 0) is 17.6 Å². The van der Waals surface area contributed by atoms with Gasteiger partial charge in [-0.1, -0.05) is 12.1 Å². The van der Waals surface area contributed by atoms with Crippen LogP contribution in [-0.4, -0.2) is 22.6 Å². The molecule has 5 nitrogen and oxygen atoms in total. The minimum Gasteiger partial charge on any atom is -0.421 e. The van der Waals surface area contributed by atoms with Crippen LogP contribution in [0.2, 0.25) is 0 Å². The number of carbonyl (C=O) groups excluding carboxylic acids is 1. The smallest absolute Gasteiger partial charge is 0.248 e. The molecule has 0 saturated carbocycles. The molecule has 1 N–H and O–H groups in total. The zero-order chi connectivity index (χ0) is 16.8. The van der Waals surface area contributed by atoms with Crippen molar-refractivity contribution in [3.63, 3.8) is 0 Å². The van der Waals surface area contributed by atoms with Crippen LogP contribution in [0.4, 0.5) is 4.39 Å². The molecule has 3 rings (SSSR count). The standard InChI is InChI=1S/C17H16FN3O2S/c18-14-3-1-12(2-4-14)7-9-19-15(22)5-6-16-20-21-17(23-16)13-8-10-24-11-13/h1-4,8,10-11H,5-7,9H2,(H,19,22). The Bertz CT molecular complexity index is 785. The van der Waals surface area contributed by atoms with E-state index in [4.69, 9.17) is 4.42 Å². The van der Waals surface area contributed by atoms with Crippen molar-refractivity contribution in [2.45, 2.75) is 19.3 Å². The minimum absolute atomic E-state index is 0.0765. The van der Waals surface area contributed by atoms with Crippen molar-refractivity contribution < 1.29 is 13.6 Å². The molecule has 0 bridgehead atoms. The first-order valence-electron chi connectivity index (χ1n) is 7.57. The number of carbonyl (C=O) groups is 1. The number of thiophene rings is 1. The van der Waals surface area contributed by atoms with Crippen molar-refractivity contribution in [1.82, 2.24) is 15.5 Å². The van der Waals surface area contributed by atoms with E-state index in [0.717, 1.165) is 11.1 Å². The van der Waals surface area contributed by atoms with Gasteiger partial charge in [-0.15, -0.1) is 10.2 Å². The van der Waals surface area contributed by atoms with Crippen LogP contribution < -0.4 is 5.32 Å². The van der Waals surface area contributed by atoms with E-state index in [-0.39, 0.29) is 18.1 Å². The summed E-state index contributed by atoms with van der Waals surface area (Å²) in [5.41, 5.74) is 1.87. The van der Waals surface area contributed by atoms with Crippen LogP contribution >= 0.6 is 11.3 Å². The highest BCUT2D eigenvalue weighted by atomic mass is 32.1. The molecule has 124 valence electrons. The fourth-order valence-electron chi connectivity index (χ4n) is 2.16. The topological polar surface area (TPSA) is 68.0 Å². The summed E-state index contributed by atoms with van der Waals surface area (Å²) in [5, 5.41) is 14.6. The van der Waals surface area contributed by atoms with Crippen molar-refractivity contribution in [3.05, 3.63) is 58.4 Å². The first-order valence-corrected chi connectivity index (χ1v) is 8.51. The van der Waals surface area contributed by atoms with Crippen LogP contribution in [0.5, 0.6) is 0 Å². The number of hydrogen-bond donors (Lipinski definition) is 1. The predicted octanol–water partition coefficient (Wildman–Crippen LogP) is 3.23. The molecule has 1 amide bonds. The molecular formula is C17H16FN3O2S.